The molecule has 1 N–H and O–H groups in total. The molecule has 216 valence electrons. The summed E-state index contributed by atoms with van der Waals surface area (Å²) in [7, 11) is 2.07. The van der Waals surface area contributed by atoms with Gasteiger partial charge in [0.1, 0.15) is 13.2 Å². The summed E-state index contributed by atoms with van der Waals surface area (Å²) in [5.41, 5.74) is 0. The van der Waals surface area contributed by atoms with Crippen molar-refractivity contribution >= 4 is 7.82 Å². The third-order valence-electron chi connectivity index (χ3n) is 7.39. The molecule has 1 aliphatic rings. The molecular weight excluding hydrogens is 473 g/mol. The van der Waals surface area contributed by atoms with Gasteiger partial charge in [0.25, 0.3) is 0 Å². The molecule has 0 heterocycles. The molecule has 0 aromatic rings. The molecule has 0 aliphatic heterocycles. The number of rotatable bonds is 25. The molecule has 0 spiro atoms. The molecule has 1 fully saturated rings. The number of hydrogen-bond donors (Lipinski definition) is 1. The van der Waals surface area contributed by atoms with Crippen LogP contribution in [-0.2, 0) is 18.3 Å². The van der Waals surface area contributed by atoms with Crippen LogP contribution in [-0.4, -0.2) is 63.0 Å². The Morgan fingerprint density at radius 3 is 1.72 bits per heavy atom. The van der Waals surface area contributed by atoms with Crippen molar-refractivity contribution < 1.29 is 27.7 Å². The van der Waals surface area contributed by atoms with E-state index in [2.05, 4.69) is 6.92 Å². The summed E-state index contributed by atoms with van der Waals surface area (Å²) in [6.45, 7) is 4.17. The lowest BCUT2D eigenvalue weighted by atomic mass is 10.0. The Bertz CT molecular complexity index is 554. The topological polar surface area (TPSA) is 65.0 Å². The number of unbranched alkanes of at least 4 members (excludes halogenated alkanes) is 15. The zero-order valence-electron chi connectivity index (χ0n) is 24.4. The summed E-state index contributed by atoms with van der Waals surface area (Å²) in [5.74, 6) is 0.188. The van der Waals surface area contributed by atoms with Gasteiger partial charge in [-0.05, 0) is 19.3 Å². The Morgan fingerprint density at radius 2 is 1.22 bits per heavy atom. The van der Waals surface area contributed by atoms with E-state index >= 15 is 0 Å². The highest BCUT2D eigenvalue weighted by Crippen LogP contribution is 2.44. The van der Waals surface area contributed by atoms with Gasteiger partial charge in [-0.2, -0.15) is 0 Å². The van der Waals surface area contributed by atoms with Gasteiger partial charge in [-0.15, -0.1) is 0 Å². The molecule has 0 saturated heterocycles. The van der Waals surface area contributed by atoms with Crippen molar-refractivity contribution in [3.05, 3.63) is 0 Å². The van der Waals surface area contributed by atoms with Crippen LogP contribution in [0, 0.1) is 5.92 Å². The van der Waals surface area contributed by atoms with Crippen molar-refractivity contribution in [2.75, 3.05) is 47.5 Å². The highest BCUT2D eigenvalue weighted by molar-refractivity contribution is 7.47. The molecule has 7 heteroatoms. The zero-order chi connectivity index (χ0) is 26.5. The first kappa shape index (κ1) is 34.1. The fourth-order valence-electron chi connectivity index (χ4n) is 4.96. The average Bonchev–Trinajstić information content (AvgIpc) is 3.26. The van der Waals surface area contributed by atoms with Crippen LogP contribution >= 0.6 is 7.82 Å². The lowest BCUT2D eigenvalue weighted by Gasteiger charge is -2.24. The van der Waals surface area contributed by atoms with E-state index in [-0.39, 0.29) is 25.2 Å². The second kappa shape index (κ2) is 20.9. The Balaban J connectivity index is 1.93. The van der Waals surface area contributed by atoms with E-state index in [0.29, 0.717) is 11.0 Å². The molecule has 1 saturated carbocycles. The SMILES string of the molecule is CCCCCCCCCCCCCCCCCCO[C@H]1CCC[C@H]1COP(=O)(O)OCC[N+](C)(C)C. The number of quaternary nitrogens is 1. The lowest BCUT2D eigenvalue weighted by molar-refractivity contribution is -0.870. The predicted octanol–water partition coefficient (Wildman–Crippen LogP) is 8.27. The van der Waals surface area contributed by atoms with Gasteiger partial charge in [-0.1, -0.05) is 110 Å². The predicted molar refractivity (Wildman–Crippen MR) is 151 cm³/mol. The minimum Gasteiger partial charge on any atom is -0.378 e. The Morgan fingerprint density at radius 1 is 0.722 bits per heavy atom. The van der Waals surface area contributed by atoms with Crippen molar-refractivity contribution in [3.63, 3.8) is 0 Å². The fourth-order valence-corrected chi connectivity index (χ4v) is 5.72. The van der Waals surface area contributed by atoms with Crippen LogP contribution in [0.2, 0.25) is 0 Å². The van der Waals surface area contributed by atoms with E-state index in [9.17, 15) is 9.46 Å². The Hall–Kier alpha value is 0.0300. The summed E-state index contributed by atoms with van der Waals surface area (Å²) in [6, 6.07) is 0. The van der Waals surface area contributed by atoms with Gasteiger partial charge < -0.3 is 14.1 Å². The van der Waals surface area contributed by atoms with Crippen LogP contribution in [0.1, 0.15) is 129 Å². The minimum absolute atomic E-state index is 0.146. The van der Waals surface area contributed by atoms with Crippen molar-refractivity contribution in [1.82, 2.24) is 0 Å². The molecule has 3 atom stereocenters. The summed E-state index contributed by atoms with van der Waals surface area (Å²) in [5, 5.41) is 0. The van der Waals surface area contributed by atoms with Gasteiger partial charge in [-0.25, -0.2) is 4.57 Å². The molecular formula is C29H61NO5P+. The molecule has 0 bridgehead atoms. The minimum atomic E-state index is -3.99. The van der Waals surface area contributed by atoms with Crippen LogP contribution < -0.4 is 0 Å². The van der Waals surface area contributed by atoms with Gasteiger partial charge in [0.15, 0.2) is 0 Å². The highest BCUT2D eigenvalue weighted by Gasteiger charge is 2.31. The maximum atomic E-state index is 12.2. The summed E-state index contributed by atoms with van der Waals surface area (Å²) < 4.78 is 29.4. The first-order valence-electron chi connectivity index (χ1n) is 15.3. The van der Waals surface area contributed by atoms with Gasteiger partial charge in [0.2, 0.25) is 0 Å². The number of phosphoric acid groups is 1. The molecule has 1 aliphatic carbocycles. The number of ether oxygens (including phenoxy) is 1. The molecule has 0 aromatic heterocycles. The second-order valence-electron chi connectivity index (χ2n) is 12.0. The van der Waals surface area contributed by atoms with Crippen molar-refractivity contribution in [1.29, 1.82) is 0 Å². The average molecular weight is 535 g/mol. The van der Waals surface area contributed by atoms with Crippen molar-refractivity contribution in [2.45, 2.75) is 135 Å². The fraction of sp³-hybridized carbons (Fsp3) is 1.00. The largest absolute Gasteiger partial charge is 0.472 e. The van der Waals surface area contributed by atoms with E-state index < -0.39 is 7.82 Å². The highest BCUT2D eigenvalue weighted by atomic mass is 31.2. The number of hydrogen-bond acceptors (Lipinski definition) is 4. The number of nitrogens with zero attached hydrogens (tertiary/aromatic N) is 1. The quantitative estimate of drug-likeness (QED) is 0.0725. The van der Waals surface area contributed by atoms with E-state index in [1.54, 1.807) is 0 Å². The molecule has 1 unspecified atom stereocenters. The first-order valence-corrected chi connectivity index (χ1v) is 16.8. The molecule has 0 amide bonds. The smallest absolute Gasteiger partial charge is 0.378 e. The van der Waals surface area contributed by atoms with Crippen LogP contribution in [0.5, 0.6) is 0 Å². The second-order valence-corrected chi connectivity index (χ2v) is 13.5. The Kier molecular flexibility index (Phi) is 19.8. The molecule has 0 aromatic carbocycles. The van der Waals surface area contributed by atoms with Gasteiger partial charge in [-0.3, -0.25) is 9.05 Å². The molecule has 1 rings (SSSR count). The maximum absolute atomic E-state index is 12.2. The van der Waals surface area contributed by atoms with E-state index in [4.69, 9.17) is 13.8 Å². The standard InChI is InChI=1S/C29H60NO5P/c1-5-6-7-8-9-10-11-12-13-14-15-16-17-18-19-20-25-33-29-23-21-22-28(29)27-35-36(31,32)34-26-24-30(2,3)4/h28-29H,5-27H2,1-4H3/p+1/t28-,29-/m0/s1. The molecule has 6 nitrogen and oxygen atoms in total. The monoisotopic (exact) mass is 534 g/mol. The third kappa shape index (κ3) is 20.1. The third-order valence-corrected chi connectivity index (χ3v) is 8.37. The van der Waals surface area contributed by atoms with E-state index in [1.807, 2.05) is 21.1 Å². The van der Waals surface area contributed by atoms with Crippen LogP contribution in [0.3, 0.4) is 0 Å². The Labute approximate surface area is 224 Å². The van der Waals surface area contributed by atoms with Crippen molar-refractivity contribution in [3.8, 4) is 0 Å². The normalized spacial score (nSPS) is 20.1. The molecule has 0 radical (unpaired) electrons. The van der Waals surface area contributed by atoms with Crippen molar-refractivity contribution in [2.24, 2.45) is 5.92 Å². The lowest BCUT2D eigenvalue weighted by Crippen LogP contribution is -2.37. The zero-order valence-corrected chi connectivity index (χ0v) is 25.3. The summed E-state index contributed by atoms with van der Waals surface area (Å²) in [4.78, 5) is 9.95. The maximum Gasteiger partial charge on any atom is 0.472 e. The summed E-state index contributed by atoms with van der Waals surface area (Å²) in [6.07, 6.45) is 25.2. The van der Waals surface area contributed by atoms with E-state index in [0.717, 1.165) is 32.3 Å². The number of likely N-dealkylation sites (N-methyl/N-ethyl adjacent to an activating group) is 1. The van der Waals surface area contributed by atoms with Gasteiger partial charge >= 0.3 is 7.82 Å². The van der Waals surface area contributed by atoms with Crippen LogP contribution in [0.25, 0.3) is 0 Å². The first-order chi connectivity index (χ1) is 17.2. The molecule has 36 heavy (non-hydrogen) atoms. The van der Waals surface area contributed by atoms with Crippen LogP contribution in [0.15, 0.2) is 0 Å². The van der Waals surface area contributed by atoms with Gasteiger partial charge in [0, 0.05) is 12.5 Å². The van der Waals surface area contributed by atoms with Crippen LogP contribution in [0.4, 0.5) is 0 Å². The summed E-state index contributed by atoms with van der Waals surface area (Å²) >= 11 is 0. The van der Waals surface area contributed by atoms with E-state index in [1.165, 1.54) is 96.3 Å². The van der Waals surface area contributed by atoms with Gasteiger partial charge in [0.05, 0.1) is 33.9 Å². The number of phosphoric ester groups is 1.